The number of benzene rings is 3. The quantitative estimate of drug-likeness (QED) is 0.198. The molecular formula is C29H27N3O5. The number of rotatable bonds is 6. The van der Waals surface area contributed by atoms with Crippen LogP contribution in [0.3, 0.4) is 0 Å². The highest BCUT2D eigenvalue weighted by Crippen LogP contribution is 2.35. The predicted octanol–water partition coefficient (Wildman–Crippen LogP) is 5.32. The summed E-state index contributed by atoms with van der Waals surface area (Å²) in [7, 11) is 1.57. The first-order valence-electron chi connectivity index (χ1n) is 12.3. The van der Waals surface area contributed by atoms with E-state index in [0.717, 1.165) is 37.9 Å². The highest BCUT2D eigenvalue weighted by atomic mass is 16.6. The Morgan fingerprint density at radius 2 is 1.62 bits per heavy atom. The lowest BCUT2D eigenvalue weighted by Gasteiger charge is -2.29. The van der Waals surface area contributed by atoms with Crippen molar-refractivity contribution in [2.75, 3.05) is 25.1 Å². The van der Waals surface area contributed by atoms with E-state index in [1.54, 1.807) is 61.7 Å². The molecule has 0 atom stereocenters. The predicted molar refractivity (Wildman–Crippen MR) is 141 cm³/mol. The summed E-state index contributed by atoms with van der Waals surface area (Å²) in [6.07, 6.45) is 4.78. The van der Waals surface area contributed by atoms with Crippen molar-refractivity contribution in [1.82, 2.24) is 4.90 Å². The van der Waals surface area contributed by atoms with Gasteiger partial charge in [0.05, 0.1) is 18.6 Å². The molecule has 8 heteroatoms. The van der Waals surface area contributed by atoms with E-state index >= 15 is 0 Å². The van der Waals surface area contributed by atoms with Crippen molar-refractivity contribution in [2.45, 2.75) is 25.8 Å². The standard InChI is InChI=1S/C29H27N3O5/c1-37-22-12-9-20(10-13-22)19-31-28(33)24-8-4-3-7-23(24)25(29(31)34)17-21-11-14-26(27(18-21)32(35)36)30-15-5-2-6-16-30/h3-4,7-14,17-18H,2,5-6,15-16,19H2,1H3. The summed E-state index contributed by atoms with van der Waals surface area (Å²) in [4.78, 5) is 41.7. The molecule has 0 aromatic heterocycles. The van der Waals surface area contributed by atoms with Gasteiger partial charge < -0.3 is 9.64 Å². The Balaban J connectivity index is 1.53. The van der Waals surface area contributed by atoms with Gasteiger partial charge in [-0.1, -0.05) is 36.4 Å². The van der Waals surface area contributed by atoms with Gasteiger partial charge in [0.25, 0.3) is 17.5 Å². The van der Waals surface area contributed by atoms with Crippen molar-refractivity contribution in [2.24, 2.45) is 0 Å². The first-order valence-corrected chi connectivity index (χ1v) is 12.3. The summed E-state index contributed by atoms with van der Waals surface area (Å²) in [6, 6.07) is 19.2. The molecule has 0 bridgehead atoms. The SMILES string of the molecule is COc1ccc(CN2C(=O)C(=Cc3ccc(N4CCCCC4)c([N+](=O)[O-])c3)c3ccccc3C2=O)cc1. The number of methoxy groups -OCH3 is 1. The van der Waals surface area contributed by atoms with Crippen LogP contribution in [0.1, 0.15) is 46.3 Å². The molecule has 2 heterocycles. The van der Waals surface area contributed by atoms with Gasteiger partial charge in [-0.15, -0.1) is 0 Å². The topological polar surface area (TPSA) is 93.0 Å². The summed E-state index contributed by atoms with van der Waals surface area (Å²) in [5.41, 5.74) is 3.18. The van der Waals surface area contributed by atoms with Gasteiger partial charge in [0.2, 0.25) is 0 Å². The summed E-state index contributed by atoms with van der Waals surface area (Å²) in [6.45, 7) is 1.67. The van der Waals surface area contributed by atoms with E-state index in [2.05, 4.69) is 4.90 Å². The number of amides is 2. The van der Waals surface area contributed by atoms with Gasteiger partial charge in [0.15, 0.2) is 0 Å². The van der Waals surface area contributed by atoms with Crippen molar-refractivity contribution in [3.63, 3.8) is 0 Å². The van der Waals surface area contributed by atoms with Crippen LogP contribution < -0.4 is 9.64 Å². The number of carbonyl (C=O) groups excluding carboxylic acids is 2. The van der Waals surface area contributed by atoms with Crippen LogP contribution in [0.5, 0.6) is 5.75 Å². The van der Waals surface area contributed by atoms with Crippen molar-refractivity contribution in [3.8, 4) is 5.75 Å². The molecule has 1 saturated heterocycles. The Morgan fingerprint density at radius 1 is 0.919 bits per heavy atom. The maximum Gasteiger partial charge on any atom is 0.293 e. The normalized spacial score (nSPS) is 16.6. The van der Waals surface area contributed by atoms with Crippen LogP contribution in [0.4, 0.5) is 11.4 Å². The third kappa shape index (κ3) is 4.82. The Morgan fingerprint density at radius 3 is 2.30 bits per heavy atom. The number of nitrogens with zero attached hydrogens (tertiary/aromatic N) is 3. The van der Waals surface area contributed by atoms with E-state index in [9.17, 15) is 19.7 Å². The van der Waals surface area contributed by atoms with Crippen molar-refractivity contribution >= 4 is 34.8 Å². The Bertz CT molecular complexity index is 1390. The number of ether oxygens (including phenoxy) is 1. The van der Waals surface area contributed by atoms with Gasteiger partial charge >= 0.3 is 0 Å². The van der Waals surface area contributed by atoms with Gasteiger partial charge in [0.1, 0.15) is 11.4 Å². The second-order valence-electron chi connectivity index (χ2n) is 9.20. The maximum absolute atomic E-state index is 13.6. The summed E-state index contributed by atoms with van der Waals surface area (Å²) >= 11 is 0. The number of carbonyl (C=O) groups is 2. The lowest BCUT2D eigenvalue weighted by molar-refractivity contribution is -0.384. The molecule has 8 nitrogen and oxygen atoms in total. The number of hydrogen-bond donors (Lipinski definition) is 0. The van der Waals surface area contributed by atoms with Crippen LogP contribution in [0.15, 0.2) is 66.7 Å². The average Bonchev–Trinajstić information content (AvgIpc) is 2.94. The summed E-state index contributed by atoms with van der Waals surface area (Å²) in [5.74, 6) is -0.136. The highest BCUT2D eigenvalue weighted by molar-refractivity contribution is 6.33. The minimum atomic E-state index is -0.442. The molecule has 3 aromatic carbocycles. The number of fused-ring (bicyclic) bond motifs is 1. The van der Waals surface area contributed by atoms with Gasteiger partial charge in [-0.25, -0.2) is 0 Å². The van der Waals surface area contributed by atoms with Crippen LogP contribution in [-0.4, -0.2) is 41.8 Å². The van der Waals surface area contributed by atoms with Gasteiger partial charge in [-0.3, -0.25) is 24.6 Å². The zero-order valence-corrected chi connectivity index (χ0v) is 20.6. The highest BCUT2D eigenvalue weighted by Gasteiger charge is 2.35. The molecule has 0 aliphatic carbocycles. The zero-order valence-electron chi connectivity index (χ0n) is 20.6. The first-order chi connectivity index (χ1) is 18.0. The average molecular weight is 498 g/mol. The van der Waals surface area contributed by atoms with E-state index in [4.69, 9.17) is 4.74 Å². The fourth-order valence-electron chi connectivity index (χ4n) is 4.94. The smallest absolute Gasteiger partial charge is 0.293 e. The molecule has 188 valence electrons. The first kappa shape index (κ1) is 24.2. The number of hydrogen-bond acceptors (Lipinski definition) is 6. The number of anilines is 1. The van der Waals surface area contributed by atoms with Crippen LogP contribution >= 0.6 is 0 Å². The van der Waals surface area contributed by atoms with E-state index in [1.807, 2.05) is 12.1 Å². The van der Waals surface area contributed by atoms with Crippen LogP contribution in [0.2, 0.25) is 0 Å². The largest absolute Gasteiger partial charge is 0.497 e. The Labute approximate surface area is 214 Å². The zero-order chi connectivity index (χ0) is 25.9. The molecular weight excluding hydrogens is 470 g/mol. The fraction of sp³-hybridized carbons (Fsp3) is 0.241. The van der Waals surface area contributed by atoms with E-state index in [0.29, 0.717) is 33.7 Å². The fourth-order valence-corrected chi connectivity index (χ4v) is 4.94. The third-order valence-corrected chi connectivity index (χ3v) is 6.87. The number of piperidine rings is 1. The van der Waals surface area contributed by atoms with Crippen LogP contribution in [-0.2, 0) is 11.3 Å². The molecule has 0 N–H and O–H groups in total. The van der Waals surface area contributed by atoms with Crippen molar-refractivity contribution in [1.29, 1.82) is 0 Å². The molecule has 0 radical (unpaired) electrons. The lowest BCUT2D eigenvalue weighted by Crippen LogP contribution is -2.41. The molecule has 2 amide bonds. The maximum atomic E-state index is 13.6. The molecule has 0 spiro atoms. The minimum absolute atomic E-state index is 0.0129. The van der Waals surface area contributed by atoms with Crippen molar-refractivity contribution in [3.05, 3.63) is 99.1 Å². The molecule has 37 heavy (non-hydrogen) atoms. The molecule has 0 saturated carbocycles. The van der Waals surface area contributed by atoms with Gasteiger partial charge in [-0.05, 0) is 66.3 Å². The van der Waals surface area contributed by atoms with Crippen LogP contribution in [0, 0.1) is 10.1 Å². The third-order valence-electron chi connectivity index (χ3n) is 6.87. The Kier molecular flexibility index (Phi) is 6.72. The molecule has 3 aromatic rings. The van der Waals surface area contributed by atoms with Gasteiger partial charge in [-0.2, -0.15) is 0 Å². The molecule has 2 aliphatic rings. The molecule has 5 rings (SSSR count). The van der Waals surface area contributed by atoms with Crippen LogP contribution in [0.25, 0.3) is 11.6 Å². The Hall–Kier alpha value is -4.46. The molecule has 1 fully saturated rings. The number of imide groups is 1. The number of nitro benzene ring substituents is 1. The second-order valence-corrected chi connectivity index (χ2v) is 9.20. The summed E-state index contributed by atoms with van der Waals surface area (Å²) in [5, 5.41) is 11.9. The summed E-state index contributed by atoms with van der Waals surface area (Å²) < 4.78 is 5.20. The van der Waals surface area contributed by atoms with Crippen molar-refractivity contribution < 1.29 is 19.2 Å². The minimum Gasteiger partial charge on any atom is -0.497 e. The molecule has 2 aliphatic heterocycles. The monoisotopic (exact) mass is 497 g/mol. The van der Waals surface area contributed by atoms with E-state index in [-0.39, 0.29) is 23.1 Å². The second kappa shape index (κ2) is 10.3. The van der Waals surface area contributed by atoms with E-state index < -0.39 is 5.91 Å². The number of nitro groups is 1. The van der Waals surface area contributed by atoms with Gasteiger partial charge in [0, 0.05) is 30.3 Å². The molecule has 0 unspecified atom stereocenters. The van der Waals surface area contributed by atoms with E-state index in [1.165, 1.54) is 11.0 Å². The lowest BCUT2D eigenvalue weighted by atomic mass is 9.91.